The fourth-order valence-corrected chi connectivity index (χ4v) is 1.88. The van der Waals surface area contributed by atoms with E-state index in [0.29, 0.717) is 23.7 Å². The molecule has 0 spiro atoms. The molecular weight excluding hydrogens is 210 g/mol. The highest BCUT2D eigenvalue weighted by Gasteiger charge is 2.27. The van der Waals surface area contributed by atoms with Gasteiger partial charge in [0.25, 0.3) is 0 Å². The second kappa shape index (κ2) is 7.60. The van der Waals surface area contributed by atoms with Gasteiger partial charge in [0, 0.05) is 38.4 Å². The number of quaternary nitrogens is 1. The van der Waals surface area contributed by atoms with Crippen LogP contribution >= 0.6 is 0 Å². The molecule has 1 atom stereocenters. The van der Waals surface area contributed by atoms with Crippen molar-refractivity contribution < 1.29 is 24.6 Å². The molecule has 0 fully saturated rings. The van der Waals surface area contributed by atoms with Crippen molar-refractivity contribution in [3.8, 4) is 0 Å². The van der Waals surface area contributed by atoms with Gasteiger partial charge in [0.05, 0.1) is 26.7 Å². The molecule has 96 valence electrons. The maximum absolute atomic E-state index is 10.7. The first-order valence-corrected chi connectivity index (χ1v) is 5.68. The lowest BCUT2D eigenvalue weighted by Gasteiger charge is -2.38. The zero-order chi connectivity index (χ0) is 12.6. The van der Waals surface area contributed by atoms with E-state index in [0.717, 1.165) is 6.54 Å². The summed E-state index contributed by atoms with van der Waals surface area (Å²) in [5.41, 5.74) is 0. The Morgan fingerprint density at radius 1 is 1.25 bits per heavy atom. The Kier molecular flexibility index (Phi) is 7.29. The van der Waals surface area contributed by atoms with Gasteiger partial charge < -0.3 is 24.6 Å². The number of nitrogens with zero attached hydrogens (tertiary/aromatic N) is 1. The van der Waals surface area contributed by atoms with Gasteiger partial charge in [-0.2, -0.15) is 0 Å². The van der Waals surface area contributed by atoms with Crippen LogP contribution in [0.1, 0.15) is 25.7 Å². The Bertz CT molecular complexity index is 206. The summed E-state index contributed by atoms with van der Waals surface area (Å²) in [4.78, 5) is 10.7. The smallest absolute Gasteiger partial charge is 0.0939 e. The van der Waals surface area contributed by atoms with Gasteiger partial charge in [0.1, 0.15) is 0 Å². The zero-order valence-corrected chi connectivity index (χ0v) is 10.2. The first-order chi connectivity index (χ1) is 7.44. The van der Waals surface area contributed by atoms with Crippen molar-refractivity contribution in [1.82, 2.24) is 0 Å². The molecule has 0 aliphatic rings. The third-order valence-corrected chi connectivity index (χ3v) is 2.98. The van der Waals surface area contributed by atoms with Crippen molar-refractivity contribution in [2.24, 2.45) is 0 Å². The number of aliphatic hydroxyl groups is 2. The highest BCUT2D eigenvalue weighted by atomic mass is 16.4. The molecule has 0 saturated heterocycles. The van der Waals surface area contributed by atoms with Crippen molar-refractivity contribution in [2.75, 3.05) is 33.9 Å². The largest absolute Gasteiger partial charge is 0.550 e. The molecule has 0 aromatic heterocycles. The van der Waals surface area contributed by atoms with Crippen molar-refractivity contribution in [3.63, 3.8) is 0 Å². The van der Waals surface area contributed by atoms with E-state index in [1.165, 1.54) is 0 Å². The van der Waals surface area contributed by atoms with E-state index in [-0.39, 0.29) is 25.7 Å². The normalized spacial score (nSPS) is 13.8. The van der Waals surface area contributed by atoms with Crippen molar-refractivity contribution >= 4 is 5.97 Å². The lowest BCUT2D eigenvalue weighted by atomic mass is 10.0. The lowest BCUT2D eigenvalue weighted by Crippen LogP contribution is -2.51. The molecule has 1 unspecified atom stereocenters. The maximum Gasteiger partial charge on any atom is 0.0939 e. The van der Waals surface area contributed by atoms with Crippen molar-refractivity contribution in [1.29, 1.82) is 0 Å². The van der Waals surface area contributed by atoms with Crippen LogP contribution in [0.25, 0.3) is 0 Å². The minimum absolute atomic E-state index is 0.00156. The molecule has 5 nitrogen and oxygen atoms in total. The molecule has 0 amide bonds. The first-order valence-electron chi connectivity index (χ1n) is 5.68. The van der Waals surface area contributed by atoms with Gasteiger partial charge in [-0.1, -0.05) is 0 Å². The molecule has 2 N–H and O–H groups in total. The predicted octanol–water partition coefficient (Wildman–Crippen LogP) is -1.27. The van der Waals surface area contributed by atoms with Crippen LogP contribution in [0.2, 0.25) is 0 Å². The topological polar surface area (TPSA) is 80.6 Å². The average molecular weight is 233 g/mol. The lowest BCUT2D eigenvalue weighted by molar-refractivity contribution is -0.915. The molecule has 5 heteroatoms. The highest BCUT2D eigenvalue weighted by molar-refractivity contribution is 5.64. The molecule has 0 aromatic carbocycles. The van der Waals surface area contributed by atoms with E-state index in [4.69, 9.17) is 10.2 Å². The number of aliphatic hydroxyl groups excluding tert-OH is 2. The number of rotatable bonds is 9. The summed E-state index contributed by atoms with van der Waals surface area (Å²) in [6, 6.07) is -0.0660. The molecule has 0 bridgehead atoms. The zero-order valence-electron chi connectivity index (χ0n) is 10.2. The van der Waals surface area contributed by atoms with Crippen LogP contribution < -0.4 is 5.11 Å². The molecule has 0 radical (unpaired) electrons. The Hall–Kier alpha value is -0.650. The summed E-state index contributed by atoms with van der Waals surface area (Å²) < 4.78 is 0.536. The summed E-state index contributed by atoms with van der Waals surface area (Å²) in [5, 5.41) is 28.2. The molecule has 0 heterocycles. The minimum atomic E-state index is -1.06. The number of carbonyl (C=O) groups excluding carboxylic acids is 1. The van der Waals surface area contributed by atoms with Gasteiger partial charge >= 0.3 is 0 Å². The first kappa shape index (κ1) is 15.3. The van der Waals surface area contributed by atoms with E-state index in [1.807, 2.05) is 14.1 Å². The minimum Gasteiger partial charge on any atom is -0.550 e. The predicted molar refractivity (Wildman–Crippen MR) is 58.4 cm³/mol. The van der Waals surface area contributed by atoms with Crippen LogP contribution in [0.5, 0.6) is 0 Å². The van der Waals surface area contributed by atoms with Crippen LogP contribution in [-0.4, -0.2) is 60.6 Å². The summed E-state index contributed by atoms with van der Waals surface area (Å²) >= 11 is 0. The van der Waals surface area contributed by atoms with E-state index in [9.17, 15) is 9.90 Å². The number of carboxylic acids is 1. The molecule has 0 aromatic rings. The number of aliphatic carboxylic acids is 1. The van der Waals surface area contributed by atoms with Crippen molar-refractivity contribution in [2.45, 2.75) is 31.7 Å². The number of hydrogen-bond acceptors (Lipinski definition) is 4. The van der Waals surface area contributed by atoms with Crippen LogP contribution in [-0.2, 0) is 4.79 Å². The number of hydrogen-bond donors (Lipinski definition) is 2. The van der Waals surface area contributed by atoms with Crippen LogP contribution in [0.15, 0.2) is 0 Å². The van der Waals surface area contributed by atoms with Gasteiger partial charge in [-0.05, 0) is 6.42 Å². The van der Waals surface area contributed by atoms with Gasteiger partial charge in [-0.15, -0.1) is 0 Å². The summed E-state index contributed by atoms with van der Waals surface area (Å²) in [6.45, 7) is 0.906. The molecule has 0 saturated carbocycles. The van der Waals surface area contributed by atoms with E-state index >= 15 is 0 Å². The Balaban J connectivity index is 4.38. The van der Waals surface area contributed by atoms with Gasteiger partial charge in [-0.3, -0.25) is 0 Å². The van der Waals surface area contributed by atoms with Crippen LogP contribution in [0.4, 0.5) is 0 Å². The number of carboxylic acid groups (broad SMARTS) is 1. The maximum atomic E-state index is 10.7. The average Bonchev–Trinajstić information content (AvgIpc) is 2.20. The molecule has 0 rings (SSSR count). The quantitative estimate of drug-likeness (QED) is 0.486. The summed E-state index contributed by atoms with van der Waals surface area (Å²) in [7, 11) is 3.89. The second-order valence-electron chi connectivity index (χ2n) is 4.68. The Labute approximate surface area is 96.9 Å². The SMILES string of the molecule is C[N+](C)(CCCO)C(CCCO)CC(=O)[O-]. The molecule has 0 aliphatic carbocycles. The van der Waals surface area contributed by atoms with Crippen LogP contribution in [0.3, 0.4) is 0 Å². The third-order valence-electron chi connectivity index (χ3n) is 2.98. The van der Waals surface area contributed by atoms with Gasteiger partial charge in [-0.25, -0.2) is 0 Å². The van der Waals surface area contributed by atoms with E-state index < -0.39 is 5.97 Å². The summed E-state index contributed by atoms with van der Waals surface area (Å²) in [6.07, 6.45) is 1.90. The third kappa shape index (κ3) is 6.05. The fourth-order valence-electron chi connectivity index (χ4n) is 1.88. The van der Waals surface area contributed by atoms with Gasteiger partial charge in [0.2, 0.25) is 0 Å². The standard InChI is InChI=1S/C11H23NO4/c1-12(2,6-4-8-14)10(5-3-7-13)9-11(15)16/h10,13-14H,3-9H2,1-2H3. The monoisotopic (exact) mass is 233 g/mol. The second-order valence-corrected chi connectivity index (χ2v) is 4.68. The molecular formula is C11H23NO4. The van der Waals surface area contributed by atoms with Gasteiger partial charge in [0.15, 0.2) is 0 Å². The molecule has 16 heavy (non-hydrogen) atoms. The fraction of sp³-hybridized carbons (Fsp3) is 0.909. The summed E-state index contributed by atoms with van der Waals surface area (Å²) in [5.74, 6) is -1.06. The van der Waals surface area contributed by atoms with Crippen LogP contribution in [0, 0.1) is 0 Å². The molecule has 0 aliphatic heterocycles. The number of carbonyl (C=O) groups is 1. The van der Waals surface area contributed by atoms with E-state index in [2.05, 4.69) is 0 Å². The van der Waals surface area contributed by atoms with Crippen molar-refractivity contribution in [3.05, 3.63) is 0 Å². The Morgan fingerprint density at radius 3 is 2.25 bits per heavy atom. The highest BCUT2D eigenvalue weighted by Crippen LogP contribution is 2.16. The Morgan fingerprint density at radius 2 is 1.81 bits per heavy atom. The van der Waals surface area contributed by atoms with E-state index in [1.54, 1.807) is 0 Å².